The van der Waals surface area contributed by atoms with E-state index in [1.165, 1.54) is 0 Å². The highest BCUT2D eigenvalue weighted by molar-refractivity contribution is 5.68. The van der Waals surface area contributed by atoms with Crippen LogP contribution in [0.2, 0.25) is 0 Å². The number of rotatable bonds is 5. The molecule has 0 radical (unpaired) electrons. The Bertz CT molecular complexity index is 592. The van der Waals surface area contributed by atoms with Gasteiger partial charge in [0.15, 0.2) is 5.79 Å². The quantitative estimate of drug-likeness (QED) is 0.847. The Morgan fingerprint density at radius 3 is 2.27 bits per heavy atom. The zero-order valence-electron chi connectivity index (χ0n) is 17.0. The molecule has 0 aromatic heterocycles. The second kappa shape index (κ2) is 7.97. The van der Waals surface area contributed by atoms with Crippen molar-refractivity contribution in [1.29, 1.82) is 0 Å². The molecule has 1 aliphatic rings. The van der Waals surface area contributed by atoms with E-state index in [2.05, 4.69) is 31.3 Å². The molecule has 5 heteroatoms. The lowest BCUT2D eigenvalue weighted by Gasteiger charge is -2.30. The third-order valence-corrected chi connectivity index (χ3v) is 4.22. The van der Waals surface area contributed by atoms with Gasteiger partial charge in [0.1, 0.15) is 11.7 Å². The van der Waals surface area contributed by atoms with Gasteiger partial charge in [0.25, 0.3) is 0 Å². The van der Waals surface area contributed by atoms with E-state index in [0.717, 1.165) is 5.56 Å². The Morgan fingerprint density at radius 2 is 1.73 bits per heavy atom. The van der Waals surface area contributed by atoms with Crippen molar-refractivity contribution in [2.45, 2.75) is 84.5 Å². The summed E-state index contributed by atoms with van der Waals surface area (Å²) in [6, 6.07) is 9.83. The maximum absolute atomic E-state index is 12.4. The molecule has 1 aliphatic heterocycles. The monoisotopic (exact) mass is 363 g/mol. The molecule has 2 rings (SSSR count). The van der Waals surface area contributed by atoms with Gasteiger partial charge in [-0.3, -0.25) is 0 Å². The van der Waals surface area contributed by atoms with Crippen LogP contribution in [0.5, 0.6) is 0 Å². The summed E-state index contributed by atoms with van der Waals surface area (Å²) in [6.45, 7) is 13.6. The fourth-order valence-corrected chi connectivity index (χ4v) is 3.22. The number of amides is 1. The molecule has 1 N–H and O–H groups in total. The number of alkyl carbamates (subject to hydrolysis) is 1. The molecule has 1 aromatic carbocycles. The van der Waals surface area contributed by atoms with Gasteiger partial charge in [-0.2, -0.15) is 0 Å². The molecule has 146 valence electrons. The number of ether oxygens (including phenoxy) is 3. The van der Waals surface area contributed by atoms with Gasteiger partial charge < -0.3 is 19.5 Å². The molecule has 0 spiro atoms. The minimum atomic E-state index is -0.676. The van der Waals surface area contributed by atoms with Crippen LogP contribution in [0.1, 0.15) is 54.0 Å². The molecule has 5 nitrogen and oxygen atoms in total. The van der Waals surface area contributed by atoms with Crippen LogP contribution in [0.4, 0.5) is 4.79 Å². The lowest BCUT2D eigenvalue weighted by molar-refractivity contribution is -0.151. The number of hydrogen-bond acceptors (Lipinski definition) is 4. The summed E-state index contributed by atoms with van der Waals surface area (Å²) in [4.78, 5) is 12.4. The van der Waals surface area contributed by atoms with Crippen molar-refractivity contribution in [3.8, 4) is 0 Å². The van der Waals surface area contributed by atoms with Gasteiger partial charge in [-0.25, -0.2) is 4.79 Å². The first-order chi connectivity index (χ1) is 12.0. The van der Waals surface area contributed by atoms with Crippen LogP contribution >= 0.6 is 0 Å². The minimum Gasteiger partial charge on any atom is -0.444 e. The highest BCUT2D eigenvalue weighted by Crippen LogP contribution is 2.34. The van der Waals surface area contributed by atoms with Crippen LogP contribution in [0, 0.1) is 5.92 Å². The largest absolute Gasteiger partial charge is 0.444 e. The van der Waals surface area contributed by atoms with Crippen LogP contribution in [0.25, 0.3) is 0 Å². The molecule has 26 heavy (non-hydrogen) atoms. The van der Waals surface area contributed by atoms with Crippen molar-refractivity contribution in [2.75, 3.05) is 0 Å². The average molecular weight is 363 g/mol. The van der Waals surface area contributed by atoms with Crippen LogP contribution in [0.15, 0.2) is 30.3 Å². The van der Waals surface area contributed by atoms with Gasteiger partial charge in [0.05, 0.1) is 12.1 Å². The molecule has 0 aliphatic carbocycles. The van der Waals surface area contributed by atoms with Crippen molar-refractivity contribution in [1.82, 2.24) is 5.32 Å². The number of hydrogen-bond donors (Lipinski definition) is 1. The molecule has 0 unspecified atom stereocenters. The molecule has 1 aromatic rings. The first-order valence-electron chi connectivity index (χ1n) is 9.36. The van der Waals surface area contributed by atoms with Gasteiger partial charge in [-0.15, -0.1) is 0 Å². The van der Waals surface area contributed by atoms with Crippen molar-refractivity contribution in [3.63, 3.8) is 0 Å². The van der Waals surface area contributed by atoms with Crippen LogP contribution in [-0.4, -0.2) is 35.7 Å². The molecule has 1 fully saturated rings. The highest BCUT2D eigenvalue weighted by Gasteiger charge is 2.46. The summed E-state index contributed by atoms with van der Waals surface area (Å²) < 4.78 is 17.8. The maximum Gasteiger partial charge on any atom is 0.407 e. The molecule has 1 amide bonds. The molecule has 0 bridgehead atoms. The molecule has 3 atom stereocenters. The fourth-order valence-electron chi connectivity index (χ4n) is 3.22. The Labute approximate surface area is 157 Å². The number of carbonyl (C=O) groups is 1. The van der Waals surface area contributed by atoms with E-state index in [1.807, 2.05) is 52.8 Å². The van der Waals surface area contributed by atoms with Gasteiger partial charge in [0, 0.05) is 0 Å². The zero-order chi connectivity index (χ0) is 19.5. The smallest absolute Gasteiger partial charge is 0.407 e. The second-order valence-corrected chi connectivity index (χ2v) is 8.75. The Balaban J connectivity index is 2.23. The predicted octanol–water partition coefficient (Wildman–Crippen LogP) is 4.30. The summed E-state index contributed by atoms with van der Waals surface area (Å²) in [7, 11) is 0. The summed E-state index contributed by atoms with van der Waals surface area (Å²) in [5.74, 6) is -0.412. The SMILES string of the molecule is CC(C)[C@@H]1OC(C)(C)O[C@H]1[C@@H](Cc1ccccc1)NC(=O)OC(C)(C)C. The van der Waals surface area contributed by atoms with E-state index in [0.29, 0.717) is 6.42 Å². The lowest BCUT2D eigenvalue weighted by atomic mass is 9.92. The fraction of sp³-hybridized carbons (Fsp3) is 0.667. The van der Waals surface area contributed by atoms with Crippen LogP contribution in [-0.2, 0) is 20.6 Å². The second-order valence-electron chi connectivity index (χ2n) is 8.75. The standard InChI is InChI=1S/C21H33NO4/c1-14(2)17-18(25-21(6,7)24-17)16(13-15-11-9-8-10-12-15)22-19(23)26-20(3,4)5/h8-12,14,16-18H,13H2,1-7H3,(H,22,23)/t16-,17+,18+/m1/s1. The van der Waals surface area contributed by atoms with Gasteiger partial charge in [-0.1, -0.05) is 44.2 Å². The predicted molar refractivity (Wildman–Crippen MR) is 102 cm³/mol. The summed E-state index contributed by atoms with van der Waals surface area (Å²) in [5, 5.41) is 3.02. The van der Waals surface area contributed by atoms with Gasteiger partial charge in [0.2, 0.25) is 0 Å². The Hall–Kier alpha value is -1.59. The van der Waals surface area contributed by atoms with E-state index >= 15 is 0 Å². The third kappa shape index (κ3) is 5.99. The number of carbonyl (C=O) groups excluding carboxylic acids is 1. The first kappa shape index (κ1) is 20.7. The Morgan fingerprint density at radius 1 is 1.15 bits per heavy atom. The highest BCUT2D eigenvalue weighted by atomic mass is 16.8. The Kier molecular flexibility index (Phi) is 6.35. The molecule has 0 saturated carbocycles. The van der Waals surface area contributed by atoms with Crippen LogP contribution < -0.4 is 5.32 Å². The van der Waals surface area contributed by atoms with Crippen molar-refractivity contribution < 1.29 is 19.0 Å². The maximum atomic E-state index is 12.4. The molecule has 1 saturated heterocycles. The topological polar surface area (TPSA) is 56.8 Å². The third-order valence-electron chi connectivity index (χ3n) is 4.22. The van der Waals surface area contributed by atoms with E-state index in [1.54, 1.807) is 0 Å². The van der Waals surface area contributed by atoms with E-state index < -0.39 is 17.5 Å². The summed E-state index contributed by atoms with van der Waals surface area (Å²) in [6.07, 6.45) is -0.145. The molecular weight excluding hydrogens is 330 g/mol. The van der Waals surface area contributed by atoms with Gasteiger partial charge >= 0.3 is 6.09 Å². The van der Waals surface area contributed by atoms with E-state index in [9.17, 15) is 4.79 Å². The van der Waals surface area contributed by atoms with Crippen LogP contribution in [0.3, 0.4) is 0 Å². The number of benzene rings is 1. The van der Waals surface area contributed by atoms with Crippen molar-refractivity contribution in [3.05, 3.63) is 35.9 Å². The summed E-state index contributed by atoms with van der Waals surface area (Å²) in [5.41, 5.74) is 0.579. The summed E-state index contributed by atoms with van der Waals surface area (Å²) >= 11 is 0. The number of nitrogens with one attached hydrogen (secondary N) is 1. The molecule has 1 heterocycles. The van der Waals surface area contributed by atoms with Crippen molar-refractivity contribution in [2.24, 2.45) is 5.92 Å². The van der Waals surface area contributed by atoms with E-state index in [-0.39, 0.29) is 24.2 Å². The minimum absolute atomic E-state index is 0.103. The van der Waals surface area contributed by atoms with E-state index in [4.69, 9.17) is 14.2 Å². The van der Waals surface area contributed by atoms with Gasteiger partial charge in [-0.05, 0) is 52.5 Å². The normalized spacial score (nSPS) is 23.7. The zero-order valence-corrected chi connectivity index (χ0v) is 17.0. The average Bonchev–Trinajstić information content (AvgIpc) is 2.82. The lowest BCUT2D eigenvalue weighted by Crippen LogP contribution is -2.51. The van der Waals surface area contributed by atoms with Crippen molar-refractivity contribution >= 4 is 6.09 Å². The first-order valence-corrected chi connectivity index (χ1v) is 9.36. The molecular formula is C21H33NO4.